The number of benzene rings is 1. The Bertz CT molecular complexity index is 549. The van der Waals surface area contributed by atoms with Gasteiger partial charge in [0.15, 0.2) is 0 Å². The van der Waals surface area contributed by atoms with Crippen molar-refractivity contribution in [3.63, 3.8) is 0 Å². The Kier molecular flexibility index (Phi) is 2.78. The third-order valence-corrected chi connectivity index (χ3v) is 2.78. The van der Waals surface area contributed by atoms with E-state index in [1.807, 2.05) is 24.3 Å². The molecule has 0 unspecified atom stereocenters. The van der Waals surface area contributed by atoms with Gasteiger partial charge in [0.25, 0.3) is 0 Å². The van der Waals surface area contributed by atoms with E-state index in [1.54, 1.807) is 11.6 Å². The minimum absolute atomic E-state index is 0.176. The molecule has 2 aromatic rings. The van der Waals surface area contributed by atoms with Crippen LogP contribution in [0, 0.1) is 0 Å². The van der Waals surface area contributed by atoms with E-state index in [4.69, 9.17) is 5.11 Å². The number of nitrogens with zero attached hydrogens (tertiary/aromatic N) is 2. The van der Waals surface area contributed by atoms with Gasteiger partial charge in [0, 0.05) is 17.1 Å². The van der Waals surface area contributed by atoms with Crippen LogP contribution in [0.3, 0.4) is 0 Å². The van der Waals surface area contributed by atoms with Crippen LogP contribution in [-0.2, 0) is 7.05 Å². The highest BCUT2D eigenvalue weighted by Crippen LogP contribution is 2.22. The lowest BCUT2D eigenvalue weighted by atomic mass is 10.2. The van der Waals surface area contributed by atoms with Gasteiger partial charge in [-0.3, -0.25) is 0 Å². The molecule has 0 aliphatic rings. The summed E-state index contributed by atoms with van der Waals surface area (Å²) in [5, 5.41) is 8.91. The molecule has 2 rings (SSSR count). The molecule has 0 bridgehead atoms. The van der Waals surface area contributed by atoms with Crippen molar-refractivity contribution < 1.29 is 9.90 Å². The highest BCUT2D eigenvalue weighted by Gasteiger charge is 2.13. The van der Waals surface area contributed by atoms with Crippen molar-refractivity contribution in [3.8, 4) is 11.4 Å². The van der Waals surface area contributed by atoms with Gasteiger partial charge < -0.3 is 9.67 Å². The molecule has 0 aliphatic heterocycles. The van der Waals surface area contributed by atoms with Crippen molar-refractivity contribution in [2.24, 2.45) is 7.05 Å². The maximum atomic E-state index is 10.9. The molecule has 0 atom stereocenters. The molecule has 1 N–H and O–H groups in total. The Morgan fingerprint density at radius 1 is 1.50 bits per heavy atom. The van der Waals surface area contributed by atoms with Crippen LogP contribution in [-0.4, -0.2) is 20.6 Å². The van der Waals surface area contributed by atoms with Gasteiger partial charge in [0.05, 0.1) is 6.20 Å². The van der Waals surface area contributed by atoms with Gasteiger partial charge in [0.1, 0.15) is 11.5 Å². The van der Waals surface area contributed by atoms with E-state index in [-0.39, 0.29) is 5.69 Å². The second kappa shape index (κ2) is 4.09. The smallest absolute Gasteiger partial charge is 0.354 e. The SMILES string of the molecule is Cn1c(C(=O)O)cnc1-c1cccc(Br)c1. The molecule has 0 saturated carbocycles. The minimum atomic E-state index is -0.976. The summed E-state index contributed by atoms with van der Waals surface area (Å²) in [6, 6.07) is 7.58. The van der Waals surface area contributed by atoms with Crippen LogP contribution in [0.15, 0.2) is 34.9 Å². The van der Waals surface area contributed by atoms with Crippen LogP contribution in [0.2, 0.25) is 0 Å². The van der Waals surface area contributed by atoms with E-state index in [1.165, 1.54) is 6.20 Å². The molecule has 1 heterocycles. The minimum Gasteiger partial charge on any atom is -0.477 e. The van der Waals surface area contributed by atoms with Crippen LogP contribution in [0.4, 0.5) is 0 Å². The molecule has 0 amide bonds. The Morgan fingerprint density at radius 3 is 2.81 bits per heavy atom. The van der Waals surface area contributed by atoms with Crippen LogP contribution < -0.4 is 0 Å². The van der Waals surface area contributed by atoms with Crippen molar-refractivity contribution in [2.75, 3.05) is 0 Å². The van der Waals surface area contributed by atoms with Gasteiger partial charge in [-0.2, -0.15) is 0 Å². The average molecular weight is 281 g/mol. The van der Waals surface area contributed by atoms with Gasteiger partial charge in [-0.05, 0) is 12.1 Å². The summed E-state index contributed by atoms with van der Waals surface area (Å²) < 4.78 is 2.49. The van der Waals surface area contributed by atoms with Crippen molar-refractivity contribution >= 4 is 21.9 Å². The Morgan fingerprint density at radius 2 is 2.25 bits per heavy atom. The standard InChI is InChI=1S/C11H9BrN2O2/c1-14-9(11(15)16)6-13-10(14)7-3-2-4-8(12)5-7/h2-6H,1H3,(H,15,16). The van der Waals surface area contributed by atoms with Crippen LogP contribution >= 0.6 is 15.9 Å². The van der Waals surface area contributed by atoms with Crippen molar-refractivity contribution in [2.45, 2.75) is 0 Å². The third kappa shape index (κ3) is 1.86. The Balaban J connectivity index is 2.53. The largest absolute Gasteiger partial charge is 0.477 e. The summed E-state index contributed by atoms with van der Waals surface area (Å²) in [7, 11) is 1.69. The Labute approximate surface area is 101 Å². The fourth-order valence-electron chi connectivity index (χ4n) is 1.50. The van der Waals surface area contributed by atoms with E-state index in [9.17, 15) is 4.79 Å². The first-order valence-electron chi connectivity index (χ1n) is 4.60. The molecule has 1 aromatic carbocycles. The lowest BCUT2D eigenvalue weighted by Gasteiger charge is -2.03. The lowest BCUT2D eigenvalue weighted by Crippen LogP contribution is -2.05. The van der Waals surface area contributed by atoms with Crippen LogP contribution in [0.25, 0.3) is 11.4 Å². The Hall–Kier alpha value is -1.62. The second-order valence-electron chi connectivity index (χ2n) is 3.34. The summed E-state index contributed by atoms with van der Waals surface area (Å²) in [6.07, 6.45) is 1.36. The highest BCUT2D eigenvalue weighted by molar-refractivity contribution is 9.10. The normalized spacial score (nSPS) is 10.4. The number of rotatable bonds is 2. The fraction of sp³-hybridized carbons (Fsp3) is 0.0909. The molecular weight excluding hydrogens is 272 g/mol. The molecule has 82 valence electrons. The molecule has 5 heteroatoms. The first-order valence-corrected chi connectivity index (χ1v) is 5.40. The first-order chi connectivity index (χ1) is 7.59. The number of aromatic carboxylic acids is 1. The summed E-state index contributed by atoms with van der Waals surface area (Å²) in [5.41, 5.74) is 1.05. The van der Waals surface area contributed by atoms with Crippen LogP contribution in [0.1, 0.15) is 10.5 Å². The van der Waals surface area contributed by atoms with Crippen molar-refractivity contribution in [3.05, 3.63) is 40.6 Å². The molecule has 0 fully saturated rings. The van der Waals surface area contributed by atoms with E-state index >= 15 is 0 Å². The predicted octanol–water partition coefficient (Wildman–Crippen LogP) is 2.55. The maximum absolute atomic E-state index is 10.9. The van der Waals surface area contributed by atoms with Crippen LogP contribution in [0.5, 0.6) is 0 Å². The zero-order valence-corrected chi connectivity index (χ0v) is 10.1. The number of hydrogen-bond acceptors (Lipinski definition) is 2. The predicted molar refractivity (Wildman–Crippen MR) is 63.3 cm³/mol. The maximum Gasteiger partial charge on any atom is 0.354 e. The van der Waals surface area contributed by atoms with Gasteiger partial charge in [0.2, 0.25) is 0 Å². The van der Waals surface area contributed by atoms with Gasteiger partial charge in [-0.15, -0.1) is 0 Å². The number of aromatic nitrogens is 2. The molecule has 0 saturated heterocycles. The summed E-state index contributed by atoms with van der Waals surface area (Å²) in [6.45, 7) is 0. The zero-order valence-electron chi connectivity index (χ0n) is 8.51. The molecule has 4 nitrogen and oxygen atoms in total. The lowest BCUT2D eigenvalue weighted by molar-refractivity contribution is 0.0686. The summed E-state index contributed by atoms with van der Waals surface area (Å²) in [4.78, 5) is 15.0. The quantitative estimate of drug-likeness (QED) is 0.920. The third-order valence-electron chi connectivity index (χ3n) is 2.29. The van der Waals surface area contributed by atoms with E-state index in [0.717, 1.165) is 10.0 Å². The number of imidazole rings is 1. The molecule has 0 radical (unpaired) electrons. The molecule has 0 aliphatic carbocycles. The number of halogens is 1. The number of hydrogen-bond donors (Lipinski definition) is 1. The zero-order chi connectivity index (χ0) is 11.7. The second-order valence-corrected chi connectivity index (χ2v) is 4.26. The monoisotopic (exact) mass is 280 g/mol. The average Bonchev–Trinajstić information content (AvgIpc) is 2.60. The number of carboxylic acid groups (broad SMARTS) is 1. The van der Waals surface area contributed by atoms with Gasteiger partial charge >= 0.3 is 5.97 Å². The molecular formula is C11H9BrN2O2. The fourth-order valence-corrected chi connectivity index (χ4v) is 1.90. The van der Waals surface area contributed by atoms with Crippen molar-refractivity contribution in [1.82, 2.24) is 9.55 Å². The highest BCUT2D eigenvalue weighted by atomic mass is 79.9. The van der Waals surface area contributed by atoms with E-state index < -0.39 is 5.97 Å². The summed E-state index contributed by atoms with van der Waals surface area (Å²) >= 11 is 3.37. The molecule has 1 aromatic heterocycles. The van der Waals surface area contributed by atoms with E-state index in [0.29, 0.717) is 5.82 Å². The molecule has 16 heavy (non-hydrogen) atoms. The number of carboxylic acids is 1. The van der Waals surface area contributed by atoms with Gasteiger partial charge in [-0.1, -0.05) is 28.1 Å². The van der Waals surface area contributed by atoms with Gasteiger partial charge in [-0.25, -0.2) is 9.78 Å². The molecule has 0 spiro atoms. The van der Waals surface area contributed by atoms with Crippen molar-refractivity contribution in [1.29, 1.82) is 0 Å². The van der Waals surface area contributed by atoms with E-state index in [2.05, 4.69) is 20.9 Å². The summed E-state index contributed by atoms with van der Waals surface area (Å²) in [5.74, 6) is -0.338. The first kappa shape index (κ1) is 10.9. The number of carbonyl (C=O) groups is 1. The topological polar surface area (TPSA) is 55.1 Å².